The third-order valence-corrected chi connectivity index (χ3v) is 12.0. The first-order valence-corrected chi connectivity index (χ1v) is 14.2. The van der Waals surface area contributed by atoms with E-state index in [0.29, 0.717) is 21.2 Å². The molecule has 4 rings (SSSR count). The molecule has 2 nitrogen and oxygen atoms in total. The summed E-state index contributed by atoms with van der Waals surface area (Å²) in [5, 5.41) is 2.94. The minimum Gasteiger partial charge on any atom is -0.308 e. The Morgan fingerprint density at radius 2 is 0.647 bits per heavy atom. The predicted molar refractivity (Wildman–Crippen MR) is 145 cm³/mol. The zero-order valence-electron chi connectivity index (χ0n) is 18.7. The van der Waals surface area contributed by atoms with E-state index in [4.69, 9.17) is 0 Å². The topological polar surface area (TPSA) is 34.1 Å². The van der Waals surface area contributed by atoms with Gasteiger partial charge in [0, 0.05) is 21.2 Å². The molecule has 166 valence electrons. The molecule has 0 aliphatic carbocycles. The normalized spacial score (nSPS) is 11.2. The Morgan fingerprint density at radius 3 is 0.824 bits per heavy atom. The standard InChI is InChI=1S/C30H24O2P2/c1-3-29(33(31,25-17-9-5-10-18-25)26-19-11-6-12-20-26)30(4-2)34(32,27-21-13-7-14-22-27)28-23-15-8-16-24-28/h5-24H,1-2H2. The summed E-state index contributed by atoms with van der Waals surface area (Å²) in [7, 11) is -7.03. The van der Waals surface area contributed by atoms with Crippen LogP contribution >= 0.6 is 14.3 Å². The highest BCUT2D eigenvalue weighted by molar-refractivity contribution is 7.87. The van der Waals surface area contributed by atoms with Crippen LogP contribution < -0.4 is 21.2 Å². The Morgan fingerprint density at radius 1 is 0.441 bits per heavy atom. The van der Waals surface area contributed by atoms with Crippen molar-refractivity contribution in [2.75, 3.05) is 0 Å². The Bertz CT molecular complexity index is 1270. The molecule has 4 heteroatoms. The van der Waals surface area contributed by atoms with Crippen LogP contribution in [-0.4, -0.2) is 0 Å². The second kappa shape index (κ2) is 10.1. The van der Waals surface area contributed by atoms with Gasteiger partial charge in [0.25, 0.3) is 0 Å². The molecule has 0 fully saturated rings. The van der Waals surface area contributed by atoms with Crippen molar-refractivity contribution in [1.82, 2.24) is 0 Å². The third kappa shape index (κ3) is 4.06. The first kappa shape index (κ1) is 23.5. The van der Waals surface area contributed by atoms with Crippen LogP contribution in [-0.2, 0) is 9.13 Å². The van der Waals surface area contributed by atoms with Gasteiger partial charge in [-0.2, -0.15) is 0 Å². The lowest BCUT2D eigenvalue weighted by Gasteiger charge is -2.27. The molecule has 0 N–H and O–H groups in total. The van der Waals surface area contributed by atoms with Gasteiger partial charge >= 0.3 is 0 Å². The summed E-state index contributed by atoms with van der Waals surface area (Å²) in [5.41, 5.74) is 5.86. The molecule has 4 aromatic carbocycles. The first-order valence-electron chi connectivity index (χ1n) is 10.8. The minimum atomic E-state index is -3.51. The minimum absolute atomic E-state index is 0.260. The van der Waals surface area contributed by atoms with Crippen molar-refractivity contribution < 1.29 is 9.13 Å². The van der Waals surface area contributed by atoms with Gasteiger partial charge in [-0.05, 0) is 0 Å². The molecule has 4 aromatic rings. The summed E-state index contributed by atoms with van der Waals surface area (Å²) in [6, 6.07) is 36.8. The summed E-state index contributed by atoms with van der Waals surface area (Å²) in [5.74, 6) is 0. The van der Waals surface area contributed by atoms with Gasteiger partial charge in [-0.1, -0.05) is 134 Å². The van der Waals surface area contributed by atoms with Crippen LogP contribution in [0.2, 0.25) is 0 Å². The SMILES string of the molecule is C=C=C(C(=C=C)P(=O)(c1ccccc1)c1ccccc1)P(=O)(c1ccccc1)c1ccccc1. The molecule has 0 heterocycles. The van der Waals surface area contributed by atoms with Gasteiger partial charge in [0.1, 0.15) is 0 Å². The predicted octanol–water partition coefficient (Wildman–Crippen LogP) is 6.35. The molecule has 0 spiro atoms. The second-order valence-electron chi connectivity index (χ2n) is 7.61. The average Bonchev–Trinajstić information content (AvgIpc) is 2.92. The highest BCUT2D eigenvalue weighted by atomic mass is 31.2. The lowest BCUT2D eigenvalue weighted by Crippen LogP contribution is -2.22. The maximum atomic E-state index is 15.1. The Labute approximate surface area is 201 Å². The van der Waals surface area contributed by atoms with E-state index in [1.165, 1.54) is 0 Å². The van der Waals surface area contributed by atoms with Crippen LogP contribution in [0.4, 0.5) is 0 Å². The number of hydrogen-bond acceptors (Lipinski definition) is 2. The van der Waals surface area contributed by atoms with E-state index in [-0.39, 0.29) is 10.6 Å². The molecule has 0 radical (unpaired) electrons. The number of allylic oxidation sites excluding steroid dienone is 2. The van der Waals surface area contributed by atoms with Crippen LogP contribution in [0.15, 0.2) is 157 Å². The van der Waals surface area contributed by atoms with Crippen LogP contribution in [0.5, 0.6) is 0 Å². The maximum absolute atomic E-state index is 15.1. The maximum Gasteiger partial charge on any atom is 0.179 e. The largest absolute Gasteiger partial charge is 0.308 e. The van der Waals surface area contributed by atoms with E-state index < -0.39 is 14.3 Å². The zero-order chi connectivity index (χ0) is 24.0. The monoisotopic (exact) mass is 478 g/mol. The van der Waals surface area contributed by atoms with Gasteiger partial charge in [-0.25, -0.2) is 0 Å². The number of benzene rings is 4. The molecular weight excluding hydrogens is 454 g/mol. The van der Waals surface area contributed by atoms with Crippen molar-refractivity contribution in [2.24, 2.45) is 0 Å². The zero-order valence-corrected chi connectivity index (χ0v) is 20.5. The molecule has 0 aliphatic rings. The quantitative estimate of drug-likeness (QED) is 0.176. The van der Waals surface area contributed by atoms with Crippen molar-refractivity contribution in [3.8, 4) is 0 Å². The fourth-order valence-electron chi connectivity index (χ4n) is 4.05. The van der Waals surface area contributed by atoms with Gasteiger partial charge in [0.2, 0.25) is 0 Å². The van der Waals surface area contributed by atoms with Crippen molar-refractivity contribution in [2.45, 2.75) is 0 Å². The van der Waals surface area contributed by atoms with E-state index >= 15 is 9.13 Å². The van der Waals surface area contributed by atoms with E-state index in [0.717, 1.165) is 0 Å². The smallest absolute Gasteiger partial charge is 0.179 e. The van der Waals surface area contributed by atoms with E-state index in [9.17, 15) is 0 Å². The molecule has 0 unspecified atom stereocenters. The lowest BCUT2D eigenvalue weighted by atomic mass is 10.4. The van der Waals surface area contributed by atoms with Crippen molar-refractivity contribution in [3.05, 3.63) is 157 Å². The van der Waals surface area contributed by atoms with Gasteiger partial charge in [0.05, 0.1) is 10.6 Å². The Hall–Kier alpha value is -3.62. The molecular formula is C30H24O2P2. The summed E-state index contributed by atoms with van der Waals surface area (Å²) in [4.78, 5) is 0. The van der Waals surface area contributed by atoms with Crippen LogP contribution in [0, 0.1) is 0 Å². The molecule has 0 atom stereocenters. The lowest BCUT2D eigenvalue weighted by molar-refractivity contribution is 0.587. The second-order valence-corrected chi connectivity index (χ2v) is 13.0. The van der Waals surface area contributed by atoms with Gasteiger partial charge in [-0.3, -0.25) is 0 Å². The molecule has 34 heavy (non-hydrogen) atoms. The Kier molecular flexibility index (Phi) is 7.00. The fraction of sp³-hybridized carbons (Fsp3) is 0. The number of hydrogen-bond donors (Lipinski definition) is 0. The first-order chi connectivity index (χ1) is 16.6. The molecule has 0 aliphatic heterocycles. The van der Waals surface area contributed by atoms with Crippen molar-refractivity contribution in [3.63, 3.8) is 0 Å². The average molecular weight is 478 g/mol. The summed E-state index contributed by atoms with van der Waals surface area (Å²) in [6.07, 6.45) is 0. The molecule has 0 amide bonds. The van der Waals surface area contributed by atoms with Crippen molar-refractivity contribution >= 4 is 35.5 Å². The summed E-state index contributed by atoms with van der Waals surface area (Å²) in [6.45, 7) is 7.81. The molecule has 0 saturated carbocycles. The van der Waals surface area contributed by atoms with E-state index in [2.05, 4.69) is 24.6 Å². The summed E-state index contributed by atoms with van der Waals surface area (Å²) >= 11 is 0. The van der Waals surface area contributed by atoms with Crippen LogP contribution in [0.3, 0.4) is 0 Å². The fourth-order valence-corrected chi connectivity index (χ4v) is 10.1. The molecule has 0 saturated heterocycles. The summed E-state index contributed by atoms with van der Waals surface area (Å²) < 4.78 is 30.2. The molecule has 0 bridgehead atoms. The van der Waals surface area contributed by atoms with Gasteiger partial charge in [0.15, 0.2) is 14.3 Å². The van der Waals surface area contributed by atoms with Gasteiger partial charge < -0.3 is 9.13 Å². The van der Waals surface area contributed by atoms with E-state index in [1.54, 1.807) is 0 Å². The van der Waals surface area contributed by atoms with Crippen LogP contribution in [0.25, 0.3) is 0 Å². The number of rotatable bonds is 7. The highest BCUT2D eigenvalue weighted by Gasteiger charge is 2.42. The van der Waals surface area contributed by atoms with E-state index in [1.807, 2.05) is 121 Å². The Balaban J connectivity index is 2.06. The molecule has 0 aromatic heterocycles. The van der Waals surface area contributed by atoms with Crippen LogP contribution in [0.1, 0.15) is 0 Å². The highest BCUT2D eigenvalue weighted by Crippen LogP contribution is 2.64. The third-order valence-electron chi connectivity index (χ3n) is 5.67. The van der Waals surface area contributed by atoms with Crippen molar-refractivity contribution in [1.29, 1.82) is 0 Å². The van der Waals surface area contributed by atoms with Gasteiger partial charge in [-0.15, -0.1) is 11.5 Å².